The van der Waals surface area contributed by atoms with Crippen LogP contribution in [0.1, 0.15) is 0 Å². The topological polar surface area (TPSA) is 51.8 Å². The van der Waals surface area contributed by atoms with Crippen LogP contribution in [-0.2, 0) is 0 Å². The zero-order chi connectivity index (χ0) is 59.0. The van der Waals surface area contributed by atoms with Gasteiger partial charge in [0.25, 0.3) is 0 Å². The summed E-state index contributed by atoms with van der Waals surface area (Å²) in [5.41, 5.74) is -6.50. The summed E-state index contributed by atoms with van der Waals surface area (Å²) in [4.78, 5) is 14.4. The molecule has 0 aliphatic rings. The standard InChI is InChI=1S/C47B29N3O/c48-14-2(16(50)19(53)6-3(14)22(56)33(67)35(69)24(6)58)5-17(51)20(54)8(21(55)18(5)52)10-26(60)27(61)11(1-9-15(49)4-7(32(66)44(9)80-43(1)10)25(59)36(70)34(68)23(4)57)45-77-46(12-28(62)37(71)41(75)38(72)29(12)63)79-47(78-45)13-30(64)39(73)42(76)40(74)31(13)65. The highest BCUT2D eigenvalue weighted by molar-refractivity contribution is 6.76. The molecule has 0 saturated heterocycles. The van der Waals surface area contributed by atoms with E-state index < -0.39 is 0 Å². The van der Waals surface area contributed by atoms with E-state index in [1.165, 1.54) is 0 Å². The van der Waals surface area contributed by atoms with Crippen LogP contribution in [0.3, 0.4) is 0 Å². The van der Waals surface area contributed by atoms with Crippen molar-refractivity contribution in [2.75, 3.05) is 0 Å². The molecule has 2 aromatic heterocycles. The molecule has 0 unspecified atom stereocenters. The lowest BCUT2D eigenvalue weighted by molar-refractivity contribution is 0.673. The van der Waals surface area contributed by atoms with Crippen molar-refractivity contribution in [3.63, 3.8) is 0 Å². The number of nitrogens with zero attached hydrogens (tertiary/aromatic N) is 3. The number of hydrogen-bond donors (Lipinski definition) is 0. The number of benzene rings is 8. The first-order chi connectivity index (χ1) is 37.3. The maximum Gasteiger partial charge on any atom is 0.164 e. The van der Waals surface area contributed by atoms with Gasteiger partial charge < -0.3 is 4.42 Å². The Balaban J connectivity index is 1.42. The SMILES string of the molecule is [B]c1c([B])c([B])c(-c2nc(-c3c([B])c([B])c([B])c([B])c3[B])nc(-c3c([B])c([B])c(-c4c([B])c([B])c(-c5c([B])c([B])c6c([B])c([B])c([B])c([B])c6c5[B])c([B])c4[B])c4oc5c([B])c6c([B])c([B])c([B])c([B])c6c([B])c5c34)n2)c([B])c1[B]. The first-order valence-electron chi connectivity index (χ1n) is 23.1. The molecule has 296 valence electrons. The predicted octanol–water partition coefficient (Wildman–Crippen LogP) is -22.6. The molecule has 10 rings (SSSR count). The van der Waals surface area contributed by atoms with Crippen LogP contribution >= 0.6 is 0 Å². The molecule has 0 saturated carbocycles. The highest BCUT2D eigenvalue weighted by Crippen LogP contribution is 2.39. The Morgan fingerprint density at radius 1 is 0.150 bits per heavy atom. The first-order valence-corrected chi connectivity index (χ1v) is 23.1. The van der Waals surface area contributed by atoms with Gasteiger partial charge in [0.1, 0.15) is 239 Å². The number of rotatable bonds is 5. The third-order valence-electron chi connectivity index (χ3n) is 14.8. The fourth-order valence-electron chi connectivity index (χ4n) is 10.4. The second-order valence-electron chi connectivity index (χ2n) is 18.9. The van der Waals surface area contributed by atoms with Crippen molar-refractivity contribution >= 4 is 429 Å². The molecule has 80 heavy (non-hydrogen) atoms. The van der Waals surface area contributed by atoms with E-state index in [-0.39, 0.29) is 258 Å². The van der Waals surface area contributed by atoms with Crippen LogP contribution in [0.25, 0.3) is 99.9 Å². The van der Waals surface area contributed by atoms with Gasteiger partial charge in [-0.15, -0.1) is 54.6 Å². The van der Waals surface area contributed by atoms with Gasteiger partial charge in [0.2, 0.25) is 0 Å². The Hall–Kier alpha value is -5.03. The summed E-state index contributed by atoms with van der Waals surface area (Å²) in [6, 6.07) is 0. The van der Waals surface area contributed by atoms with E-state index >= 15 is 0 Å². The Bertz CT molecular complexity index is 4420. The summed E-state index contributed by atoms with van der Waals surface area (Å²) >= 11 is 0. The van der Waals surface area contributed by atoms with Crippen molar-refractivity contribution in [3.05, 3.63) is 0 Å². The molecule has 0 amide bonds. The second kappa shape index (κ2) is 20.1. The molecule has 0 aliphatic heterocycles. The first kappa shape index (κ1) is 58.2. The fraction of sp³-hybridized carbons (Fsp3) is 0. The molecule has 4 nitrogen and oxygen atoms in total. The van der Waals surface area contributed by atoms with Gasteiger partial charge in [-0.3, -0.25) is 0 Å². The number of furan rings is 1. The molecule has 33 heteroatoms. The second-order valence-corrected chi connectivity index (χ2v) is 18.9. The Labute approximate surface area is 501 Å². The summed E-state index contributed by atoms with van der Waals surface area (Å²) < 4.78 is 6.82. The van der Waals surface area contributed by atoms with Gasteiger partial charge in [0, 0.05) is 33.0 Å². The summed E-state index contributed by atoms with van der Waals surface area (Å²) in [5, 5.41) is 0.182. The normalized spacial score (nSPS) is 11.7. The molecule has 2 heterocycles. The van der Waals surface area contributed by atoms with Crippen molar-refractivity contribution in [2.24, 2.45) is 0 Å². The van der Waals surface area contributed by atoms with Crippen LogP contribution in [0.15, 0.2) is 4.42 Å². The molecule has 0 fully saturated rings. The summed E-state index contributed by atoms with van der Waals surface area (Å²) in [6.45, 7) is 0. The Morgan fingerprint density at radius 2 is 0.375 bits per heavy atom. The van der Waals surface area contributed by atoms with E-state index in [2.05, 4.69) is 0 Å². The van der Waals surface area contributed by atoms with Crippen molar-refractivity contribution in [3.8, 4) is 56.4 Å². The predicted molar refractivity (Wildman–Crippen MR) is 366 cm³/mol. The summed E-state index contributed by atoms with van der Waals surface area (Å²) in [7, 11) is 193. The third-order valence-corrected chi connectivity index (χ3v) is 14.8. The Kier molecular flexibility index (Phi) is 14.6. The van der Waals surface area contributed by atoms with E-state index in [1.54, 1.807) is 0 Å². The molecule has 0 N–H and O–H groups in total. The van der Waals surface area contributed by atoms with Gasteiger partial charge in [0.15, 0.2) is 17.5 Å². The molecule has 0 atom stereocenters. The monoisotopic (exact) mass is 941 g/mol. The molecular weight excluding hydrogens is 936 g/mol. The van der Waals surface area contributed by atoms with Crippen LogP contribution in [-0.4, -0.2) is 242 Å². The lowest BCUT2D eigenvalue weighted by Gasteiger charge is -2.30. The van der Waals surface area contributed by atoms with E-state index in [9.17, 15) is 0 Å². The number of aromatic nitrogens is 3. The summed E-state index contributed by atoms with van der Waals surface area (Å²) in [5.74, 6) is -1.03. The molecule has 0 bridgehead atoms. The molecule has 58 radical (unpaired) electrons. The lowest BCUT2D eigenvalue weighted by atomic mass is 9.56. The Morgan fingerprint density at radius 3 is 0.762 bits per heavy atom. The minimum absolute atomic E-state index is 0.0228. The average Bonchev–Trinajstić information content (AvgIpc) is 3.83. The third kappa shape index (κ3) is 7.88. The zero-order valence-electron chi connectivity index (χ0n) is 42.0. The highest BCUT2D eigenvalue weighted by atomic mass is 16.3. The minimum Gasteiger partial charge on any atom is -0.456 e. The number of hydrogen-bond acceptors (Lipinski definition) is 4. The van der Waals surface area contributed by atoms with Gasteiger partial charge in [-0.25, -0.2) is 15.0 Å². The van der Waals surface area contributed by atoms with Gasteiger partial charge in [-0.05, 0) is 43.7 Å². The maximum atomic E-state index is 7.29. The van der Waals surface area contributed by atoms with Crippen molar-refractivity contribution < 1.29 is 4.42 Å². The number of fused-ring (bicyclic) bond motifs is 5. The molecule has 0 spiro atoms. The molecule has 10 aromatic rings. The average molecular weight is 936 g/mol. The fourth-order valence-corrected chi connectivity index (χ4v) is 10.4. The van der Waals surface area contributed by atoms with Gasteiger partial charge >= 0.3 is 0 Å². The highest BCUT2D eigenvalue weighted by Gasteiger charge is 2.31. The van der Waals surface area contributed by atoms with E-state index in [1.807, 2.05) is 0 Å². The smallest absolute Gasteiger partial charge is 0.164 e. The van der Waals surface area contributed by atoms with E-state index in [0.29, 0.717) is 0 Å². The molecular formula is C47B29N3O. The van der Waals surface area contributed by atoms with Crippen LogP contribution in [0, 0.1) is 0 Å². The zero-order valence-corrected chi connectivity index (χ0v) is 42.0. The minimum atomic E-state index is -0.367. The lowest BCUT2D eigenvalue weighted by Crippen LogP contribution is -2.55. The molecule has 8 aromatic carbocycles. The van der Waals surface area contributed by atoms with Crippen molar-refractivity contribution in [1.29, 1.82) is 0 Å². The summed E-state index contributed by atoms with van der Waals surface area (Å²) in [6.07, 6.45) is 0. The molecule has 0 aliphatic carbocycles. The van der Waals surface area contributed by atoms with Crippen LogP contribution < -0.4 is 158 Å². The van der Waals surface area contributed by atoms with Crippen LogP contribution in [0.4, 0.5) is 0 Å². The van der Waals surface area contributed by atoms with Crippen molar-refractivity contribution in [1.82, 2.24) is 15.0 Å². The van der Waals surface area contributed by atoms with E-state index in [4.69, 9.17) is 247 Å². The van der Waals surface area contributed by atoms with Gasteiger partial charge in [-0.1, -0.05) is 98.3 Å². The van der Waals surface area contributed by atoms with Crippen LogP contribution in [0.5, 0.6) is 0 Å². The van der Waals surface area contributed by atoms with E-state index in [0.717, 1.165) is 0 Å². The van der Waals surface area contributed by atoms with Crippen molar-refractivity contribution in [2.45, 2.75) is 0 Å². The van der Waals surface area contributed by atoms with Gasteiger partial charge in [-0.2, -0.15) is 0 Å². The largest absolute Gasteiger partial charge is 0.456 e. The quantitative estimate of drug-likeness (QED) is 0.161. The van der Waals surface area contributed by atoms with Crippen LogP contribution in [0.2, 0.25) is 0 Å². The maximum absolute atomic E-state index is 7.29. The van der Waals surface area contributed by atoms with Gasteiger partial charge in [0.05, 0.1) is 0 Å².